The molecule has 1 aliphatic rings. The van der Waals surface area contributed by atoms with Crippen molar-refractivity contribution in [1.29, 1.82) is 0 Å². The Labute approximate surface area is 125 Å². The molecule has 1 atom stereocenters. The number of hydrogen-bond donors (Lipinski definition) is 2. The minimum absolute atomic E-state index is 0.0194. The zero-order chi connectivity index (χ0) is 14.8. The minimum Gasteiger partial charge on any atom is -0.344 e. The molecule has 3 rings (SSSR count). The van der Waals surface area contributed by atoms with E-state index >= 15 is 0 Å². The number of aromatic nitrogens is 2. The van der Waals surface area contributed by atoms with Gasteiger partial charge in [0.2, 0.25) is 0 Å². The van der Waals surface area contributed by atoms with E-state index < -0.39 is 0 Å². The van der Waals surface area contributed by atoms with Crippen molar-refractivity contribution in [3.63, 3.8) is 0 Å². The molecular weight excluding hydrogens is 262 g/mol. The Morgan fingerprint density at radius 3 is 2.71 bits per heavy atom. The summed E-state index contributed by atoms with van der Waals surface area (Å²) in [5.41, 5.74) is 5.14. The van der Waals surface area contributed by atoms with Crippen molar-refractivity contribution in [1.82, 2.24) is 15.5 Å². The van der Waals surface area contributed by atoms with E-state index in [1.165, 1.54) is 12.0 Å². The maximum Gasteiger partial charge on any atom is 0.272 e. The smallest absolute Gasteiger partial charge is 0.272 e. The van der Waals surface area contributed by atoms with Crippen molar-refractivity contribution < 1.29 is 4.79 Å². The quantitative estimate of drug-likeness (QED) is 0.909. The summed E-state index contributed by atoms with van der Waals surface area (Å²) in [5.74, 6) is -0.0810. The summed E-state index contributed by atoms with van der Waals surface area (Å²) in [4.78, 5) is 12.4. The second-order valence-corrected chi connectivity index (χ2v) is 5.84. The highest BCUT2D eigenvalue weighted by molar-refractivity contribution is 5.94. The fourth-order valence-electron chi connectivity index (χ4n) is 2.87. The normalized spacial score (nSPS) is 15.3. The highest BCUT2D eigenvalue weighted by atomic mass is 16.2. The molecule has 0 radical (unpaired) electrons. The lowest BCUT2D eigenvalue weighted by atomic mass is 9.95. The lowest BCUT2D eigenvalue weighted by molar-refractivity contribution is 0.0933. The first-order valence-electron chi connectivity index (χ1n) is 7.58. The topological polar surface area (TPSA) is 57.8 Å². The molecule has 21 heavy (non-hydrogen) atoms. The Balaban J connectivity index is 1.74. The van der Waals surface area contributed by atoms with Crippen LogP contribution in [0.2, 0.25) is 0 Å². The maximum atomic E-state index is 12.4. The van der Waals surface area contributed by atoms with Crippen LogP contribution in [0.4, 0.5) is 0 Å². The number of nitrogens with zero attached hydrogens (tertiary/aromatic N) is 1. The van der Waals surface area contributed by atoms with E-state index in [9.17, 15) is 4.79 Å². The third-order valence-corrected chi connectivity index (χ3v) is 4.20. The van der Waals surface area contributed by atoms with E-state index in [2.05, 4.69) is 46.7 Å². The SMILES string of the molecule is Cc1ccc(C(C)NC(=O)c2n[nH]c3c2CCCC3)cc1. The van der Waals surface area contributed by atoms with Gasteiger partial charge in [-0.25, -0.2) is 0 Å². The summed E-state index contributed by atoms with van der Waals surface area (Å²) in [5, 5.41) is 10.3. The molecule has 4 nitrogen and oxygen atoms in total. The first-order valence-corrected chi connectivity index (χ1v) is 7.58. The van der Waals surface area contributed by atoms with E-state index in [0.29, 0.717) is 5.69 Å². The van der Waals surface area contributed by atoms with E-state index in [1.807, 2.05) is 6.92 Å². The second-order valence-electron chi connectivity index (χ2n) is 5.84. The number of aryl methyl sites for hydroxylation is 2. The molecule has 2 N–H and O–H groups in total. The van der Waals surface area contributed by atoms with Gasteiger partial charge in [-0.1, -0.05) is 29.8 Å². The number of carbonyl (C=O) groups is 1. The molecule has 0 aliphatic heterocycles. The number of benzene rings is 1. The van der Waals surface area contributed by atoms with Gasteiger partial charge in [0, 0.05) is 11.3 Å². The van der Waals surface area contributed by atoms with Gasteiger partial charge in [-0.15, -0.1) is 0 Å². The summed E-state index contributed by atoms with van der Waals surface area (Å²) >= 11 is 0. The molecule has 110 valence electrons. The molecule has 0 fully saturated rings. The fraction of sp³-hybridized carbons (Fsp3) is 0.412. The predicted molar refractivity (Wildman–Crippen MR) is 82.3 cm³/mol. The summed E-state index contributed by atoms with van der Waals surface area (Å²) in [6.07, 6.45) is 4.27. The van der Waals surface area contributed by atoms with Crippen LogP contribution in [0.5, 0.6) is 0 Å². The third-order valence-electron chi connectivity index (χ3n) is 4.20. The second kappa shape index (κ2) is 5.72. The number of H-pyrrole nitrogens is 1. The molecule has 0 saturated carbocycles. The molecule has 1 aromatic heterocycles. The number of rotatable bonds is 3. The Morgan fingerprint density at radius 1 is 1.24 bits per heavy atom. The van der Waals surface area contributed by atoms with E-state index in [4.69, 9.17) is 0 Å². The molecular formula is C17H21N3O. The lowest BCUT2D eigenvalue weighted by Gasteiger charge is -2.15. The van der Waals surface area contributed by atoms with Crippen LogP contribution in [0.25, 0.3) is 0 Å². The Bertz CT molecular complexity index is 643. The van der Waals surface area contributed by atoms with E-state index in [-0.39, 0.29) is 11.9 Å². The largest absolute Gasteiger partial charge is 0.344 e. The first-order chi connectivity index (χ1) is 10.1. The average molecular weight is 283 g/mol. The molecule has 1 aliphatic carbocycles. The molecule has 4 heteroatoms. The van der Waals surface area contributed by atoms with Crippen LogP contribution in [0.1, 0.15) is 58.7 Å². The van der Waals surface area contributed by atoms with Crippen molar-refractivity contribution in [2.75, 3.05) is 0 Å². The monoisotopic (exact) mass is 283 g/mol. The van der Waals surface area contributed by atoms with Gasteiger partial charge in [-0.05, 0) is 45.1 Å². The van der Waals surface area contributed by atoms with Crippen LogP contribution in [0.3, 0.4) is 0 Å². The Kier molecular flexibility index (Phi) is 3.78. The van der Waals surface area contributed by atoms with Crippen LogP contribution in [0, 0.1) is 6.92 Å². The lowest BCUT2D eigenvalue weighted by Crippen LogP contribution is -2.28. The van der Waals surface area contributed by atoms with Gasteiger partial charge in [0.15, 0.2) is 5.69 Å². The van der Waals surface area contributed by atoms with Crippen molar-refractivity contribution in [3.05, 3.63) is 52.3 Å². The van der Waals surface area contributed by atoms with Crippen LogP contribution in [-0.4, -0.2) is 16.1 Å². The Morgan fingerprint density at radius 2 is 1.95 bits per heavy atom. The van der Waals surface area contributed by atoms with Crippen molar-refractivity contribution in [2.45, 2.75) is 45.6 Å². The van der Waals surface area contributed by atoms with Gasteiger partial charge < -0.3 is 5.32 Å². The van der Waals surface area contributed by atoms with Gasteiger partial charge in [0.25, 0.3) is 5.91 Å². The average Bonchev–Trinajstić information content (AvgIpc) is 2.92. The highest BCUT2D eigenvalue weighted by Crippen LogP contribution is 2.22. The predicted octanol–water partition coefficient (Wildman–Crippen LogP) is 3.09. The standard InChI is InChI=1S/C17H21N3O/c1-11-7-9-13(10-8-11)12(2)18-17(21)16-14-5-3-4-6-15(14)19-20-16/h7-10,12H,3-6H2,1-2H3,(H,18,21)(H,19,20). The number of carbonyl (C=O) groups excluding carboxylic acids is 1. The van der Waals surface area contributed by atoms with E-state index in [1.54, 1.807) is 0 Å². The van der Waals surface area contributed by atoms with Gasteiger partial charge in [-0.2, -0.15) is 5.10 Å². The summed E-state index contributed by atoms with van der Waals surface area (Å²) in [6, 6.07) is 8.22. The number of nitrogens with one attached hydrogen (secondary N) is 2. The number of hydrogen-bond acceptors (Lipinski definition) is 2. The molecule has 1 unspecified atom stereocenters. The summed E-state index contributed by atoms with van der Waals surface area (Å²) in [7, 11) is 0. The highest BCUT2D eigenvalue weighted by Gasteiger charge is 2.22. The van der Waals surface area contributed by atoms with Gasteiger partial charge in [-0.3, -0.25) is 9.89 Å². The number of fused-ring (bicyclic) bond motifs is 1. The van der Waals surface area contributed by atoms with Gasteiger partial charge in [0.05, 0.1) is 6.04 Å². The van der Waals surface area contributed by atoms with Crippen molar-refractivity contribution in [2.24, 2.45) is 0 Å². The van der Waals surface area contributed by atoms with Gasteiger partial charge in [0.1, 0.15) is 0 Å². The van der Waals surface area contributed by atoms with Crippen LogP contribution < -0.4 is 5.32 Å². The summed E-state index contributed by atoms with van der Waals surface area (Å²) in [6.45, 7) is 4.06. The molecule has 1 aromatic carbocycles. The Hall–Kier alpha value is -2.10. The van der Waals surface area contributed by atoms with Crippen molar-refractivity contribution in [3.8, 4) is 0 Å². The van der Waals surface area contributed by atoms with Crippen molar-refractivity contribution >= 4 is 5.91 Å². The zero-order valence-electron chi connectivity index (χ0n) is 12.6. The minimum atomic E-state index is -0.0810. The fourth-order valence-corrected chi connectivity index (χ4v) is 2.87. The van der Waals surface area contributed by atoms with Crippen LogP contribution in [-0.2, 0) is 12.8 Å². The first kappa shape index (κ1) is 13.9. The number of amides is 1. The third kappa shape index (κ3) is 2.84. The molecule has 0 bridgehead atoms. The molecule has 1 heterocycles. The maximum absolute atomic E-state index is 12.4. The molecule has 0 saturated heterocycles. The van der Waals surface area contributed by atoms with Crippen LogP contribution >= 0.6 is 0 Å². The van der Waals surface area contributed by atoms with E-state index in [0.717, 1.165) is 36.1 Å². The molecule has 2 aromatic rings. The van der Waals surface area contributed by atoms with Gasteiger partial charge >= 0.3 is 0 Å². The number of aromatic amines is 1. The molecule has 0 spiro atoms. The zero-order valence-corrected chi connectivity index (χ0v) is 12.6. The summed E-state index contributed by atoms with van der Waals surface area (Å²) < 4.78 is 0. The van der Waals surface area contributed by atoms with Crippen LogP contribution in [0.15, 0.2) is 24.3 Å². The molecule has 1 amide bonds.